The van der Waals surface area contributed by atoms with Crippen molar-refractivity contribution in [1.82, 2.24) is 0 Å². The average Bonchev–Trinajstić information content (AvgIpc) is 2.72. The Morgan fingerprint density at radius 1 is 0.719 bits per heavy atom. The highest BCUT2D eigenvalue weighted by atomic mass is 36.0. The second-order valence-electron chi connectivity index (χ2n) is 5.11. The van der Waals surface area contributed by atoms with Crippen LogP contribution in [0.15, 0.2) is 36.4 Å². The molecule has 0 aliphatic heterocycles. The van der Waals surface area contributed by atoms with Crippen molar-refractivity contribution >= 4 is 76.2 Å². The lowest BCUT2D eigenvalue weighted by molar-refractivity contribution is 0.0690. The Morgan fingerprint density at radius 3 is 1.19 bits per heavy atom. The van der Waals surface area contributed by atoms with Crippen LogP contribution in [-0.4, -0.2) is 51.1 Å². The quantitative estimate of drug-likeness (QED) is 0.496. The maximum atomic E-state index is 10.9. The van der Waals surface area contributed by atoms with E-state index in [1.807, 2.05) is 0 Å². The van der Waals surface area contributed by atoms with Crippen molar-refractivity contribution in [3.05, 3.63) is 58.7 Å². The number of carboxylic acid groups (broad SMARTS) is 2. The molecule has 0 heterocycles. The number of para-hydroxylation sites is 2. The number of aromatic carboxylic acids is 2. The number of carboxylic acids is 2. The molecule has 174 valence electrons. The number of carbonyl (C=O) groups excluding carboxylic acids is 2. The zero-order valence-electron chi connectivity index (χ0n) is 16.1. The van der Waals surface area contributed by atoms with Gasteiger partial charge in [0, 0.05) is 21.4 Å². The lowest BCUT2D eigenvalue weighted by atomic mass is 10.1. The minimum Gasteiger partial charge on any atom is -0.495 e. The predicted octanol–water partition coefficient (Wildman–Crippen LogP) is 4.59. The van der Waals surface area contributed by atoms with E-state index in [-0.39, 0.29) is 33.8 Å². The molecule has 32 heavy (non-hydrogen) atoms. The van der Waals surface area contributed by atoms with Gasteiger partial charge in [0.05, 0.1) is 25.3 Å². The van der Waals surface area contributed by atoms with E-state index < -0.39 is 31.7 Å². The SMILES string of the molecule is COc1c(C(=O)Cl)cccc1C(=O)Cl.COc1c(C(=O)O)cccc1C(=O)O.O=S(Cl)Cl. The maximum Gasteiger partial charge on any atom is 0.339 e. The van der Waals surface area contributed by atoms with Crippen LogP contribution in [-0.2, 0) is 9.23 Å². The van der Waals surface area contributed by atoms with Crippen LogP contribution in [0.5, 0.6) is 11.5 Å². The van der Waals surface area contributed by atoms with Gasteiger partial charge in [-0.2, -0.15) is 0 Å². The summed E-state index contributed by atoms with van der Waals surface area (Å²) < 4.78 is 18.7. The Balaban J connectivity index is 0.000000515. The topological polar surface area (TPSA) is 144 Å². The van der Waals surface area contributed by atoms with Gasteiger partial charge in [-0.25, -0.2) is 13.8 Å². The normalized spacial score (nSPS) is 9.47. The molecule has 0 saturated carbocycles. The van der Waals surface area contributed by atoms with Crippen molar-refractivity contribution in [2.24, 2.45) is 0 Å². The average molecular weight is 548 g/mol. The summed E-state index contributed by atoms with van der Waals surface area (Å²) in [6, 6.07) is 8.35. The lowest BCUT2D eigenvalue weighted by Gasteiger charge is -2.07. The molecule has 2 aromatic rings. The fourth-order valence-corrected chi connectivity index (χ4v) is 2.46. The van der Waals surface area contributed by atoms with E-state index in [0.29, 0.717) is 0 Å². The molecule has 0 spiro atoms. The highest BCUT2D eigenvalue weighted by molar-refractivity contribution is 8.26. The number of ether oxygens (including phenoxy) is 2. The van der Waals surface area contributed by atoms with E-state index in [9.17, 15) is 19.2 Å². The van der Waals surface area contributed by atoms with Crippen molar-refractivity contribution in [2.75, 3.05) is 14.2 Å². The van der Waals surface area contributed by atoms with Crippen LogP contribution in [0, 0.1) is 0 Å². The molecule has 0 aromatic heterocycles. The summed E-state index contributed by atoms with van der Waals surface area (Å²) >= 11 is 10.6. The molecule has 0 radical (unpaired) electrons. The van der Waals surface area contributed by atoms with Gasteiger partial charge in [0.2, 0.25) is 9.23 Å². The third-order valence-electron chi connectivity index (χ3n) is 3.32. The molecular weight excluding hydrogens is 534 g/mol. The molecule has 0 saturated heterocycles. The van der Waals surface area contributed by atoms with Crippen LogP contribution in [0.2, 0.25) is 0 Å². The molecule has 9 nitrogen and oxygen atoms in total. The first-order valence-corrected chi connectivity index (χ1v) is 11.4. The Bertz CT molecular complexity index is 884. The summed E-state index contributed by atoms with van der Waals surface area (Å²) in [5.74, 6) is -2.46. The van der Waals surface area contributed by atoms with Crippen LogP contribution in [0.25, 0.3) is 0 Å². The van der Waals surface area contributed by atoms with Gasteiger partial charge in [0.15, 0.2) is 0 Å². The monoisotopic (exact) mass is 546 g/mol. The van der Waals surface area contributed by atoms with Gasteiger partial charge in [0.1, 0.15) is 22.6 Å². The molecule has 2 rings (SSSR count). The zero-order chi connectivity index (χ0) is 25.0. The zero-order valence-corrected chi connectivity index (χ0v) is 20.0. The van der Waals surface area contributed by atoms with Gasteiger partial charge < -0.3 is 19.7 Å². The maximum absolute atomic E-state index is 10.9. The molecular formula is C18H14Cl4O9S. The van der Waals surface area contributed by atoms with Crippen LogP contribution in [0.4, 0.5) is 0 Å². The Morgan fingerprint density at radius 2 is 0.969 bits per heavy atom. The standard InChI is InChI=1S/C9H6Cl2O3.C9H8O5.Cl2OS/c1-14-7-5(8(10)12)3-2-4-6(7)9(11)13;1-14-7-5(8(10)11)3-2-4-6(7)9(12)13;1-4(2)3/h2-4H,1H3;2-4H,1H3,(H,10,11)(H,12,13);. The lowest BCUT2D eigenvalue weighted by Crippen LogP contribution is -2.06. The molecule has 14 heteroatoms. The Hall–Kier alpha value is -2.37. The van der Waals surface area contributed by atoms with Crippen molar-refractivity contribution in [1.29, 1.82) is 0 Å². The van der Waals surface area contributed by atoms with E-state index in [0.717, 1.165) is 0 Å². The van der Waals surface area contributed by atoms with E-state index in [2.05, 4.69) is 21.4 Å². The first kappa shape index (κ1) is 29.6. The van der Waals surface area contributed by atoms with Gasteiger partial charge in [-0.3, -0.25) is 9.59 Å². The number of halogens is 4. The molecule has 0 aliphatic rings. The van der Waals surface area contributed by atoms with Gasteiger partial charge >= 0.3 is 11.9 Å². The van der Waals surface area contributed by atoms with Crippen molar-refractivity contribution in [3.8, 4) is 11.5 Å². The molecule has 0 bridgehead atoms. The summed E-state index contributed by atoms with van der Waals surface area (Å²) in [6.07, 6.45) is 0. The smallest absolute Gasteiger partial charge is 0.339 e. The van der Waals surface area contributed by atoms with Gasteiger partial charge in [0.25, 0.3) is 10.5 Å². The fourth-order valence-electron chi connectivity index (χ4n) is 2.16. The van der Waals surface area contributed by atoms with Crippen molar-refractivity contribution in [2.45, 2.75) is 0 Å². The van der Waals surface area contributed by atoms with Gasteiger partial charge in [-0.1, -0.05) is 12.1 Å². The highest BCUT2D eigenvalue weighted by Gasteiger charge is 2.18. The molecule has 0 atom stereocenters. The first-order valence-electron chi connectivity index (χ1n) is 7.83. The van der Waals surface area contributed by atoms with E-state index in [1.54, 1.807) is 0 Å². The molecule has 0 amide bonds. The van der Waals surface area contributed by atoms with Gasteiger partial charge in [-0.15, -0.1) is 0 Å². The molecule has 0 fully saturated rings. The summed E-state index contributed by atoms with van der Waals surface area (Å²) in [6.45, 7) is 0. The van der Waals surface area contributed by atoms with Crippen LogP contribution >= 0.6 is 44.6 Å². The summed E-state index contributed by atoms with van der Waals surface area (Å²) in [5, 5.41) is 16.1. The van der Waals surface area contributed by atoms with E-state index in [4.69, 9.17) is 47.1 Å². The first-order chi connectivity index (χ1) is 14.9. The number of methoxy groups -OCH3 is 2. The minimum atomic E-state index is -1.67. The van der Waals surface area contributed by atoms with E-state index >= 15 is 0 Å². The summed E-state index contributed by atoms with van der Waals surface area (Å²) in [5.41, 5.74) is -0.0684. The minimum absolute atomic E-state index is 0.104. The number of carbonyl (C=O) groups is 4. The van der Waals surface area contributed by atoms with E-state index in [1.165, 1.54) is 50.6 Å². The summed E-state index contributed by atoms with van der Waals surface area (Å²) in [4.78, 5) is 43.2. The number of benzene rings is 2. The number of hydrogen-bond donors (Lipinski definition) is 2. The molecule has 2 N–H and O–H groups in total. The second kappa shape index (κ2) is 14.6. The third kappa shape index (κ3) is 9.41. The van der Waals surface area contributed by atoms with Crippen molar-refractivity contribution < 1.29 is 43.1 Å². The second-order valence-corrected chi connectivity index (χ2v) is 8.33. The highest BCUT2D eigenvalue weighted by Crippen LogP contribution is 2.26. The predicted molar refractivity (Wildman–Crippen MR) is 120 cm³/mol. The van der Waals surface area contributed by atoms with Crippen LogP contribution < -0.4 is 9.47 Å². The molecule has 0 aliphatic carbocycles. The Labute approximate surface area is 203 Å². The molecule has 2 aromatic carbocycles. The largest absolute Gasteiger partial charge is 0.495 e. The third-order valence-corrected chi connectivity index (χ3v) is 3.73. The van der Waals surface area contributed by atoms with Crippen LogP contribution in [0.3, 0.4) is 0 Å². The molecule has 0 unspecified atom stereocenters. The van der Waals surface area contributed by atoms with Crippen molar-refractivity contribution in [3.63, 3.8) is 0 Å². The number of hydrogen-bond acceptors (Lipinski definition) is 7. The fraction of sp³-hybridized carbons (Fsp3) is 0.111. The Kier molecular flexibility index (Phi) is 13.6. The summed E-state index contributed by atoms with van der Waals surface area (Å²) in [7, 11) is 9.92. The van der Waals surface area contributed by atoms with Gasteiger partial charge in [-0.05, 0) is 47.5 Å². The van der Waals surface area contributed by atoms with Crippen LogP contribution in [0.1, 0.15) is 41.4 Å². The number of rotatable bonds is 6.